The average Bonchev–Trinajstić information content (AvgIpc) is 2.90. The predicted octanol–water partition coefficient (Wildman–Crippen LogP) is 3.25. The zero-order valence-electron chi connectivity index (χ0n) is 11.3. The lowest BCUT2D eigenvalue weighted by atomic mass is 10.1. The lowest BCUT2D eigenvalue weighted by molar-refractivity contribution is 0.550. The maximum absolute atomic E-state index is 14.0. The molecule has 0 aliphatic heterocycles. The number of benzene rings is 1. The molecule has 0 aliphatic carbocycles. The van der Waals surface area contributed by atoms with Crippen LogP contribution in [0.1, 0.15) is 26.7 Å². The fraction of sp³-hybridized carbons (Fsp3) is 0.429. The quantitative estimate of drug-likeness (QED) is 0.869. The van der Waals surface area contributed by atoms with Crippen LogP contribution in [0.2, 0.25) is 0 Å². The van der Waals surface area contributed by atoms with Gasteiger partial charge in [0.1, 0.15) is 18.3 Å². The number of rotatable bonds is 6. The fourth-order valence-electron chi connectivity index (χ4n) is 2.02. The monoisotopic (exact) mass is 262 g/mol. The van der Waals surface area contributed by atoms with E-state index < -0.39 is 0 Å². The van der Waals surface area contributed by atoms with Gasteiger partial charge in [0.15, 0.2) is 5.82 Å². The number of hydrogen-bond acceptors (Lipinski definition) is 3. The molecule has 1 atom stereocenters. The number of nitrogens with one attached hydrogen (secondary N) is 1. The van der Waals surface area contributed by atoms with Crippen molar-refractivity contribution in [1.29, 1.82) is 0 Å². The summed E-state index contributed by atoms with van der Waals surface area (Å²) in [4.78, 5) is 3.81. The van der Waals surface area contributed by atoms with Gasteiger partial charge in [0.2, 0.25) is 0 Å². The summed E-state index contributed by atoms with van der Waals surface area (Å²) in [6, 6.07) is 5.06. The van der Waals surface area contributed by atoms with Crippen molar-refractivity contribution in [2.75, 3.05) is 11.9 Å². The summed E-state index contributed by atoms with van der Waals surface area (Å²) in [6.45, 7) is 5.22. The summed E-state index contributed by atoms with van der Waals surface area (Å²) in [6.07, 6.45) is 5.21. The van der Waals surface area contributed by atoms with Crippen LogP contribution in [0.15, 0.2) is 30.9 Å². The van der Waals surface area contributed by atoms with Crippen LogP contribution >= 0.6 is 0 Å². The lowest BCUT2D eigenvalue weighted by Crippen LogP contribution is -2.11. The summed E-state index contributed by atoms with van der Waals surface area (Å²) in [5.41, 5.74) is 1.20. The first-order chi connectivity index (χ1) is 9.20. The second-order valence-corrected chi connectivity index (χ2v) is 4.78. The molecule has 0 fully saturated rings. The molecule has 4 nitrogen and oxygen atoms in total. The van der Waals surface area contributed by atoms with Crippen LogP contribution in [-0.4, -0.2) is 21.3 Å². The largest absolute Gasteiger partial charge is 0.385 e. The van der Waals surface area contributed by atoms with Crippen molar-refractivity contribution in [3.63, 3.8) is 0 Å². The van der Waals surface area contributed by atoms with Gasteiger partial charge in [0.05, 0.1) is 0 Å². The molecule has 0 saturated heterocycles. The van der Waals surface area contributed by atoms with E-state index in [1.807, 2.05) is 6.07 Å². The van der Waals surface area contributed by atoms with E-state index >= 15 is 0 Å². The van der Waals surface area contributed by atoms with Gasteiger partial charge in [0, 0.05) is 12.2 Å². The molecule has 1 N–H and O–H groups in total. The Morgan fingerprint density at radius 2 is 2.26 bits per heavy atom. The summed E-state index contributed by atoms with van der Waals surface area (Å²) >= 11 is 0. The van der Waals surface area contributed by atoms with Crippen molar-refractivity contribution in [3.05, 3.63) is 36.7 Å². The molecule has 2 aromatic rings. The Labute approximate surface area is 112 Å². The fourth-order valence-corrected chi connectivity index (χ4v) is 2.02. The Balaban J connectivity index is 2.03. The number of nitrogens with zero attached hydrogens (tertiary/aromatic N) is 3. The van der Waals surface area contributed by atoms with Crippen LogP contribution in [0.4, 0.5) is 10.1 Å². The Bertz CT molecular complexity index is 510. The standard InChI is InChI=1S/C14H19FN4/c1-3-4-11(2)8-17-12-5-6-14(13(15)7-12)19-10-16-9-18-19/h5-7,9-11,17H,3-4,8H2,1-2H3. The first-order valence-corrected chi connectivity index (χ1v) is 6.59. The summed E-state index contributed by atoms with van der Waals surface area (Å²) in [5, 5.41) is 7.18. The van der Waals surface area contributed by atoms with E-state index in [0.717, 1.165) is 12.2 Å². The highest BCUT2D eigenvalue weighted by atomic mass is 19.1. The van der Waals surface area contributed by atoms with Crippen LogP contribution in [0, 0.1) is 11.7 Å². The number of anilines is 1. The van der Waals surface area contributed by atoms with Crippen LogP contribution in [-0.2, 0) is 0 Å². The van der Waals surface area contributed by atoms with E-state index in [9.17, 15) is 4.39 Å². The van der Waals surface area contributed by atoms with E-state index in [1.54, 1.807) is 6.07 Å². The second-order valence-electron chi connectivity index (χ2n) is 4.78. The highest BCUT2D eigenvalue weighted by Crippen LogP contribution is 2.18. The van der Waals surface area contributed by atoms with Crippen molar-refractivity contribution < 1.29 is 4.39 Å². The van der Waals surface area contributed by atoms with Gasteiger partial charge >= 0.3 is 0 Å². The van der Waals surface area contributed by atoms with Gasteiger partial charge in [-0.3, -0.25) is 0 Å². The average molecular weight is 262 g/mol. The second kappa shape index (κ2) is 6.31. The molecule has 1 aromatic heterocycles. The number of aromatic nitrogens is 3. The molecule has 5 heteroatoms. The van der Waals surface area contributed by atoms with Crippen molar-refractivity contribution in [2.45, 2.75) is 26.7 Å². The zero-order valence-corrected chi connectivity index (χ0v) is 11.3. The maximum atomic E-state index is 14.0. The van der Waals surface area contributed by atoms with Crippen LogP contribution in [0.25, 0.3) is 5.69 Å². The number of hydrogen-bond donors (Lipinski definition) is 1. The molecular formula is C14H19FN4. The Morgan fingerprint density at radius 3 is 2.89 bits per heavy atom. The summed E-state index contributed by atoms with van der Waals surface area (Å²) in [5.74, 6) is 0.279. The first kappa shape index (κ1) is 13.5. The zero-order chi connectivity index (χ0) is 13.7. The van der Waals surface area contributed by atoms with E-state index in [-0.39, 0.29) is 5.82 Å². The molecular weight excluding hydrogens is 243 g/mol. The molecule has 1 heterocycles. The van der Waals surface area contributed by atoms with Gasteiger partial charge < -0.3 is 5.32 Å². The predicted molar refractivity (Wildman–Crippen MR) is 73.9 cm³/mol. The minimum atomic E-state index is -0.307. The highest BCUT2D eigenvalue weighted by Gasteiger charge is 2.07. The normalized spacial score (nSPS) is 12.4. The molecule has 0 aliphatic rings. The van der Waals surface area contributed by atoms with Gasteiger partial charge in [0.25, 0.3) is 0 Å². The molecule has 0 radical (unpaired) electrons. The van der Waals surface area contributed by atoms with Gasteiger partial charge in [-0.15, -0.1) is 0 Å². The third-order valence-corrected chi connectivity index (χ3v) is 3.05. The molecule has 2 rings (SSSR count). The topological polar surface area (TPSA) is 42.7 Å². The van der Waals surface area contributed by atoms with E-state index in [0.29, 0.717) is 11.6 Å². The van der Waals surface area contributed by atoms with E-state index in [2.05, 4.69) is 29.2 Å². The van der Waals surface area contributed by atoms with E-state index in [1.165, 1.54) is 36.2 Å². The van der Waals surface area contributed by atoms with Crippen molar-refractivity contribution >= 4 is 5.69 Å². The van der Waals surface area contributed by atoms with Gasteiger partial charge in [-0.2, -0.15) is 5.10 Å². The van der Waals surface area contributed by atoms with Crippen molar-refractivity contribution in [1.82, 2.24) is 14.8 Å². The minimum Gasteiger partial charge on any atom is -0.385 e. The third kappa shape index (κ3) is 3.53. The van der Waals surface area contributed by atoms with E-state index in [4.69, 9.17) is 0 Å². The van der Waals surface area contributed by atoms with Crippen molar-refractivity contribution in [3.8, 4) is 5.69 Å². The minimum absolute atomic E-state index is 0.307. The van der Waals surface area contributed by atoms with Crippen LogP contribution < -0.4 is 5.32 Å². The Morgan fingerprint density at radius 1 is 1.42 bits per heavy atom. The summed E-state index contributed by atoms with van der Waals surface area (Å²) < 4.78 is 15.4. The molecule has 102 valence electrons. The van der Waals surface area contributed by atoms with Gasteiger partial charge in [-0.1, -0.05) is 20.3 Å². The maximum Gasteiger partial charge on any atom is 0.150 e. The molecule has 0 saturated carbocycles. The van der Waals surface area contributed by atoms with Crippen LogP contribution in [0.3, 0.4) is 0 Å². The third-order valence-electron chi connectivity index (χ3n) is 3.05. The van der Waals surface area contributed by atoms with Gasteiger partial charge in [-0.25, -0.2) is 14.1 Å². The molecule has 1 unspecified atom stereocenters. The molecule has 0 amide bonds. The summed E-state index contributed by atoms with van der Waals surface area (Å²) in [7, 11) is 0. The van der Waals surface area contributed by atoms with Crippen LogP contribution in [0.5, 0.6) is 0 Å². The molecule has 1 aromatic carbocycles. The molecule has 0 spiro atoms. The van der Waals surface area contributed by atoms with Gasteiger partial charge in [-0.05, 0) is 30.5 Å². The molecule has 0 bridgehead atoms. The molecule has 19 heavy (non-hydrogen) atoms. The highest BCUT2D eigenvalue weighted by molar-refractivity contribution is 5.49. The Hall–Kier alpha value is -1.91. The lowest BCUT2D eigenvalue weighted by Gasteiger charge is -2.13. The smallest absolute Gasteiger partial charge is 0.150 e. The SMILES string of the molecule is CCCC(C)CNc1ccc(-n2cncn2)c(F)c1. The number of halogens is 1. The van der Waals surface area contributed by atoms with Crippen molar-refractivity contribution in [2.24, 2.45) is 5.92 Å². The Kier molecular flexibility index (Phi) is 4.49. The first-order valence-electron chi connectivity index (χ1n) is 6.59.